The van der Waals surface area contributed by atoms with Gasteiger partial charge in [-0.1, -0.05) is 0 Å². The number of carbonyl (C=O) groups is 2. The van der Waals surface area contributed by atoms with Crippen LogP contribution >= 0.6 is 0 Å². The van der Waals surface area contributed by atoms with Gasteiger partial charge in [0.15, 0.2) is 0 Å². The van der Waals surface area contributed by atoms with E-state index in [1.807, 2.05) is 30.5 Å². The number of nitriles is 1. The fourth-order valence-electron chi connectivity index (χ4n) is 3.14. The van der Waals surface area contributed by atoms with E-state index < -0.39 is 5.91 Å². The van der Waals surface area contributed by atoms with Crippen molar-refractivity contribution in [1.29, 1.82) is 5.26 Å². The highest BCUT2D eigenvalue weighted by Crippen LogP contribution is 2.30. The monoisotopic (exact) mass is 413 g/mol. The third kappa shape index (κ3) is 5.37. The van der Waals surface area contributed by atoms with Crippen molar-refractivity contribution >= 4 is 17.6 Å². The van der Waals surface area contributed by atoms with Crippen LogP contribution in [0.1, 0.15) is 16.8 Å². The van der Waals surface area contributed by atoms with E-state index >= 15 is 0 Å². The van der Waals surface area contributed by atoms with Gasteiger partial charge in [0.05, 0.1) is 32.4 Å². The summed E-state index contributed by atoms with van der Waals surface area (Å²) in [5.41, 5.74) is 8.05. The van der Waals surface area contributed by atoms with Crippen molar-refractivity contribution in [2.75, 3.05) is 45.8 Å². The molecule has 1 heterocycles. The van der Waals surface area contributed by atoms with Crippen molar-refractivity contribution in [3.8, 4) is 17.5 Å². The number of nitrogens with zero attached hydrogens (tertiary/aromatic N) is 3. The third-order valence-electron chi connectivity index (χ3n) is 4.77. The Bertz CT molecular complexity index is 944. The van der Waals surface area contributed by atoms with E-state index in [2.05, 4.69) is 11.4 Å². The van der Waals surface area contributed by atoms with Crippen LogP contribution in [0.2, 0.25) is 0 Å². The average Bonchev–Trinajstić information content (AvgIpc) is 2.95. The van der Waals surface area contributed by atoms with Crippen LogP contribution < -0.4 is 15.8 Å². The molecule has 9 nitrogen and oxygen atoms in total. The van der Waals surface area contributed by atoms with Gasteiger partial charge in [-0.3, -0.25) is 19.1 Å². The highest BCUT2D eigenvalue weighted by atomic mass is 16.5. The summed E-state index contributed by atoms with van der Waals surface area (Å²) < 4.78 is 12.0. The molecular weight excluding hydrogens is 386 g/mol. The Hall–Kier alpha value is -3.35. The number of aromatic nitrogens is 1. The number of ether oxygens (including phenoxy) is 2. The van der Waals surface area contributed by atoms with Gasteiger partial charge in [-0.15, -0.1) is 0 Å². The van der Waals surface area contributed by atoms with Crippen molar-refractivity contribution in [2.45, 2.75) is 13.8 Å². The average molecular weight is 413 g/mol. The number of nitrogens with two attached hydrogens (primary N) is 1. The third-order valence-corrected chi connectivity index (χ3v) is 4.77. The van der Waals surface area contributed by atoms with E-state index in [0.29, 0.717) is 30.3 Å². The summed E-state index contributed by atoms with van der Waals surface area (Å²) in [7, 11) is 3.12. The molecular formula is C21H27N5O4. The lowest BCUT2D eigenvalue weighted by molar-refractivity contribution is -0.121. The molecule has 0 unspecified atom stereocenters. The minimum absolute atomic E-state index is 0.0664. The zero-order valence-electron chi connectivity index (χ0n) is 17.7. The molecule has 0 aliphatic carbocycles. The second-order valence-electron chi connectivity index (χ2n) is 6.80. The van der Waals surface area contributed by atoms with Gasteiger partial charge in [-0.25, -0.2) is 0 Å². The standard InChI is InChI=1S/C21H27N5O4/c1-14-15(2)26(16-5-7-17(30-4)8-6-16)21(18(14)11-22)24-20(28)13-25(9-10-29-3)12-19(23)27/h5-8H,9-10,12-13H2,1-4H3,(H2,23,27)(H,24,28). The van der Waals surface area contributed by atoms with Gasteiger partial charge >= 0.3 is 0 Å². The van der Waals surface area contributed by atoms with Crippen molar-refractivity contribution in [3.05, 3.63) is 41.1 Å². The topological polar surface area (TPSA) is 123 Å². The number of anilines is 1. The van der Waals surface area contributed by atoms with Crippen LogP contribution in [0.15, 0.2) is 24.3 Å². The fourth-order valence-corrected chi connectivity index (χ4v) is 3.14. The molecule has 2 aromatic rings. The zero-order chi connectivity index (χ0) is 22.3. The summed E-state index contributed by atoms with van der Waals surface area (Å²) in [6, 6.07) is 9.48. The predicted molar refractivity (Wildman–Crippen MR) is 113 cm³/mol. The van der Waals surface area contributed by atoms with Gasteiger partial charge in [0.2, 0.25) is 11.8 Å². The first kappa shape index (κ1) is 22.9. The summed E-state index contributed by atoms with van der Waals surface area (Å²) in [5.74, 6) is 0.182. The van der Waals surface area contributed by atoms with Crippen molar-refractivity contribution < 1.29 is 19.1 Å². The number of amides is 2. The minimum atomic E-state index is -0.537. The summed E-state index contributed by atoms with van der Waals surface area (Å²) in [6.07, 6.45) is 0. The van der Waals surface area contributed by atoms with Gasteiger partial charge in [0, 0.05) is 25.0 Å². The lowest BCUT2D eigenvalue weighted by Crippen LogP contribution is -2.41. The molecule has 0 spiro atoms. The van der Waals surface area contributed by atoms with Gasteiger partial charge in [0.25, 0.3) is 0 Å². The maximum atomic E-state index is 12.8. The van der Waals surface area contributed by atoms with Crippen LogP contribution in [0.5, 0.6) is 5.75 Å². The van der Waals surface area contributed by atoms with E-state index in [0.717, 1.165) is 16.9 Å². The van der Waals surface area contributed by atoms with Crippen molar-refractivity contribution in [1.82, 2.24) is 9.47 Å². The largest absolute Gasteiger partial charge is 0.497 e. The molecule has 30 heavy (non-hydrogen) atoms. The molecule has 0 saturated heterocycles. The second kappa shape index (κ2) is 10.4. The second-order valence-corrected chi connectivity index (χ2v) is 6.80. The molecule has 0 saturated carbocycles. The minimum Gasteiger partial charge on any atom is -0.497 e. The summed E-state index contributed by atoms with van der Waals surface area (Å²) in [6.45, 7) is 4.30. The molecule has 160 valence electrons. The molecule has 0 aliphatic rings. The lowest BCUT2D eigenvalue weighted by atomic mass is 10.2. The lowest BCUT2D eigenvalue weighted by Gasteiger charge is -2.20. The van der Waals surface area contributed by atoms with Crippen LogP contribution in [0.3, 0.4) is 0 Å². The maximum absolute atomic E-state index is 12.8. The van der Waals surface area contributed by atoms with Gasteiger partial charge in [0.1, 0.15) is 17.6 Å². The number of hydrogen-bond acceptors (Lipinski definition) is 6. The summed E-state index contributed by atoms with van der Waals surface area (Å²) in [5, 5.41) is 12.5. The highest BCUT2D eigenvalue weighted by molar-refractivity contribution is 5.94. The van der Waals surface area contributed by atoms with Crippen LogP contribution in [0.4, 0.5) is 5.82 Å². The van der Waals surface area contributed by atoms with E-state index in [1.165, 1.54) is 7.11 Å². The van der Waals surface area contributed by atoms with Crippen molar-refractivity contribution in [3.63, 3.8) is 0 Å². The molecule has 0 fully saturated rings. The van der Waals surface area contributed by atoms with E-state index in [-0.39, 0.29) is 19.0 Å². The zero-order valence-corrected chi connectivity index (χ0v) is 17.7. The molecule has 0 atom stereocenters. The number of carbonyl (C=O) groups excluding carboxylic acids is 2. The highest BCUT2D eigenvalue weighted by Gasteiger charge is 2.22. The summed E-state index contributed by atoms with van der Waals surface area (Å²) in [4.78, 5) is 25.6. The van der Waals surface area contributed by atoms with Gasteiger partial charge in [-0.05, 0) is 43.7 Å². The summed E-state index contributed by atoms with van der Waals surface area (Å²) >= 11 is 0. The Morgan fingerprint density at radius 2 is 1.87 bits per heavy atom. The van der Waals surface area contributed by atoms with Crippen LogP contribution in [0, 0.1) is 25.2 Å². The normalized spacial score (nSPS) is 10.7. The molecule has 9 heteroatoms. The Morgan fingerprint density at radius 3 is 2.40 bits per heavy atom. The Balaban J connectivity index is 2.35. The van der Waals surface area contributed by atoms with Crippen LogP contribution in [0.25, 0.3) is 5.69 Å². The first-order chi connectivity index (χ1) is 14.3. The Morgan fingerprint density at radius 1 is 1.20 bits per heavy atom. The Kier molecular flexibility index (Phi) is 7.98. The number of benzene rings is 1. The molecule has 2 rings (SSSR count). The number of rotatable bonds is 10. The quantitative estimate of drug-likeness (QED) is 0.606. The molecule has 0 aliphatic heterocycles. The van der Waals surface area contributed by atoms with Crippen LogP contribution in [-0.2, 0) is 14.3 Å². The number of hydrogen-bond donors (Lipinski definition) is 2. The maximum Gasteiger partial charge on any atom is 0.239 e. The number of primary amides is 1. The first-order valence-electron chi connectivity index (χ1n) is 9.38. The van der Waals surface area contributed by atoms with E-state index in [1.54, 1.807) is 24.1 Å². The van der Waals surface area contributed by atoms with Gasteiger partial charge in [-0.2, -0.15) is 5.26 Å². The molecule has 0 bridgehead atoms. The van der Waals surface area contributed by atoms with Crippen LogP contribution in [-0.4, -0.2) is 61.7 Å². The molecule has 1 aromatic carbocycles. The molecule has 0 radical (unpaired) electrons. The number of methoxy groups -OCH3 is 2. The Labute approximate surface area is 176 Å². The smallest absolute Gasteiger partial charge is 0.239 e. The van der Waals surface area contributed by atoms with E-state index in [4.69, 9.17) is 15.2 Å². The number of nitrogens with one attached hydrogen (secondary N) is 1. The molecule has 3 N–H and O–H groups in total. The predicted octanol–water partition coefficient (Wildman–Crippen LogP) is 1.35. The SMILES string of the molecule is COCCN(CC(N)=O)CC(=O)Nc1c(C#N)c(C)c(C)n1-c1ccc(OC)cc1. The first-order valence-corrected chi connectivity index (χ1v) is 9.38. The van der Waals surface area contributed by atoms with Gasteiger partial charge < -0.3 is 20.5 Å². The molecule has 1 aromatic heterocycles. The van der Waals surface area contributed by atoms with Crippen molar-refractivity contribution in [2.24, 2.45) is 5.73 Å². The fraction of sp³-hybridized carbons (Fsp3) is 0.381. The molecule has 2 amide bonds. The van der Waals surface area contributed by atoms with E-state index in [9.17, 15) is 14.9 Å².